The molecule has 66 valence electrons. The molecule has 2 heterocycles. The maximum Gasteiger partial charge on any atom is 0.312 e. The van der Waals surface area contributed by atoms with Crippen molar-refractivity contribution in [3.8, 4) is 0 Å². The molecule has 12 heavy (non-hydrogen) atoms. The molecule has 0 aliphatic carbocycles. The smallest absolute Gasteiger partial charge is 0.312 e. The van der Waals surface area contributed by atoms with Crippen molar-refractivity contribution in [2.45, 2.75) is 25.4 Å². The molecule has 0 radical (unpaired) electrons. The summed E-state index contributed by atoms with van der Waals surface area (Å²) in [6.07, 6.45) is 1.94. The van der Waals surface area contributed by atoms with Gasteiger partial charge in [0, 0.05) is 6.61 Å². The lowest BCUT2D eigenvalue weighted by atomic mass is 10.0. The van der Waals surface area contributed by atoms with E-state index in [9.17, 15) is 0 Å². The summed E-state index contributed by atoms with van der Waals surface area (Å²) in [5, 5.41) is 7.39. The van der Waals surface area contributed by atoms with Crippen molar-refractivity contribution in [3.05, 3.63) is 5.89 Å². The molecule has 1 atom stereocenters. The zero-order valence-corrected chi connectivity index (χ0v) is 6.91. The summed E-state index contributed by atoms with van der Waals surface area (Å²) in [4.78, 5) is 0. The zero-order chi connectivity index (χ0) is 8.60. The van der Waals surface area contributed by atoms with Crippen LogP contribution < -0.4 is 5.73 Å². The fraction of sp³-hybridized carbons (Fsp3) is 0.714. The van der Waals surface area contributed by atoms with Crippen molar-refractivity contribution in [1.29, 1.82) is 0 Å². The van der Waals surface area contributed by atoms with E-state index in [0.717, 1.165) is 19.4 Å². The van der Waals surface area contributed by atoms with Crippen LogP contribution in [0.4, 0.5) is 6.01 Å². The van der Waals surface area contributed by atoms with Gasteiger partial charge in [0.25, 0.3) is 0 Å². The molecule has 0 spiro atoms. The molecule has 2 rings (SSSR count). The highest BCUT2D eigenvalue weighted by Gasteiger charge is 2.37. The van der Waals surface area contributed by atoms with Gasteiger partial charge in [-0.25, -0.2) is 0 Å². The lowest BCUT2D eigenvalue weighted by Gasteiger charge is -2.17. The van der Waals surface area contributed by atoms with E-state index >= 15 is 0 Å². The molecular formula is C7H11N3O2. The number of nitrogens with zero attached hydrogens (tertiary/aromatic N) is 2. The summed E-state index contributed by atoms with van der Waals surface area (Å²) in [7, 11) is 0. The molecule has 1 saturated heterocycles. The summed E-state index contributed by atoms with van der Waals surface area (Å²) in [5.74, 6) is 0.484. The molecule has 2 N–H and O–H groups in total. The highest BCUT2D eigenvalue weighted by Crippen LogP contribution is 2.34. The largest absolute Gasteiger partial charge is 0.405 e. The summed E-state index contributed by atoms with van der Waals surface area (Å²) < 4.78 is 10.6. The predicted molar refractivity (Wildman–Crippen MR) is 41.2 cm³/mol. The van der Waals surface area contributed by atoms with Crippen molar-refractivity contribution in [1.82, 2.24) is 10.2 Å². The van der Waals surface area contributed by atoms with Crippen LogP contribution in [0.3, 0.4) is 0 Å². The molecule has 0 amide bonds. The van der Waals surface area contributed by atoms with E-state index in [-0.39, 0.29) is 6.01 Å². The number of nitrogens with two attached hydrogens (primary N) is 1. The third-order valence-electron chi connectivity index (χ3n) is 2.11. The first-order valence-corrected chi connectivity index (χ1v) is 3.94. The summed E-state index contributed by atoms with van der Waals surface area (Å²) in [6, 6.07) is 0.0988. The molecule has 5 heteroatoms. The third-order valence-corrected chi connectivity index (χ3v) is 2.11. The Bertz CT molecular complexity index is 278. The second kappa shape index (κ2) is 2.45. The molecular weight excluding hydrogens is 158 g/mol. The van der Waals surface area contributed by atoms with Crippen LogP contribution in [0.15, 0.2) is 4.42 Å². The van der Waals surface area contributed by atoms with Gasteiger partial charge in [0.1, 0.15) is 5.60 Å². The van der Waals surface area contributed by atoms with E-state index < -0.39 is 5.60 Å². The highest BCUT2D eigenvalue weighted by molar-refractivity contribution is 5.08. The number of anilines is 1. The lowest BCUT2D eigenvalue weighted by molar-refractivity contribution is -0.00490. The summed E-state index contributed by atoms with van der Waals surface area (Å²) in [5.41, 5.74) is 4.90. The van der Waals surface area contributed by atoms with Crippen LogP contribution in [0.25, 0.3) is 0 Å². The SMILES string of the molecule is CC1(c2nnc(N)o2)CCCO1. The third kappa shape index (κ3) is 1.06. The van der Waals surface area contributed by atoms with E-state index in [1.165, 1.54) is 0 Å². The molecule has 1 aromatic rings. The number of hydrogen-bond donors (Lipinski definition) is 1. The standard InChI is InChI=1S/C7H11N3O2/c1-7(3-2-4-11-7)5-9-10-6(8)12-5/h2-4H2,1H3,(H2,8,10). The van der Waals surface area contributed by atoms with Crippen molar-refractivity contribution in [2.24, 2.45) is 0 Å². The molecule has 1 fully saturated rings. The molecule has 5 nitrogen and oxygen atoms in total. The number of rotatable bonds is 1. The van der Waals surface area contributed by atoms with Crippen LogP contribution in [-0.4, -0.2) is 16.8 Å². The van der Waals surface area contributed by atoms with E-state index in [1.807, 2.05) is 6.92 Å². The molecule has 0 bridgehead atoms. The highest BCUT2D eigenvalue weighted by atomic mass is 16.5. The van der Waals surface area contributed by atoms with E-state index in [2.05, 4.69) is 10.2 Å². The predicted octanol–water partition coefficient (Wildman–Crippen LogP) is 0.677. The quantitative estimate of drug-likeness (QED) is 0.669. The minimum atomic E-state index is -0.412. The van der Waals surface area contributed by atoms with Crippen LogP contribution in [0.5, 0.6) is 0 Å². The van der Waals surface area contributed by atoms with Gasteiger partial charge in [-0.1, -0.05) is 5.10 Å². The topological polar surface area (TPSA) is 74.2 Å². The lowest BCUT2D eigenvalue weighted by Crippen LogP contribution is -2.20. The molecule has 1 unspecified atom stereocenters. The molecule has 0 aromatic carbocycles. The number of ether oxygens (including phenoxy) is 1. The first-order chi connectivity index (χ1) is 5.71. The Morgan fingerprint density at radius 3 is 2.83 bits per heavy atom. The summed E-state index contributed by atoms with van der Waals surface area (Å²) >= 11 is 0. The first-order valence-electron chi connectivity index (χ1n) is 3.94. The van der Waals surface area contributed by atoms with Crippen LogP contribution in [-0.2, 0) is 10.3 Å². The van der Waals surface area contributed by atoms with Crippen LogP contribution >= 0.6 is 0 Å². The van der Waals surface area contributed by atoms with Crippen LogP contribution in [0, 0.1) is 0 Å². The normalized spacial score (nSPS) is 29.4. The fourth-order valence-corrected chi connectivity index (χ4v) is 1.40. The van der Waals surface area contributed by atoms with Gasteiger partial charge in [0.15, 0.2) is 0 Å². The Morgan fingerprint density at radius 2 is 2.33 bits per heavy atom. The van der Waals surface area contributed by atoms with Gasteiger partial charge >= 0.3 is 6.01 Å². The Morgan fingerprint density at radius 1 is 1.50 bits per heavy atom. The number of aromatic nitrogens is 2. The van der Waals surface area contributed by atoms with Crippen molar-refractivity contribution in [2.75, 3.05) is 12.3 Å². The van der Waals surface area contributed by atoms with Gasteiger partial charge in [0.05, 0.1) is 0 Å². The summed E-state index contributed by atoms with van der Waals surface area (Å²) in [6.45, 7) is 2.69. The fourth-order valence-electron chi connectivity index (χ4n) is 1.40. The van der Waals surface area contributed by atoms with E-state index in [0.29, 0.717) is 5.89 Å². The van der Waals surface area contributed by atoms with Gasteiger partial charge in [-0.05, 0) is 19.8 Å². The van der Waals surface area contributed by atoms with E-state index in [1.54, 1.807) is 0 Å². The van der Waals surface area contributed by atoms with Gasteiger partial charge in [0.2, 0.25) is 5.89 Å². The monoisotopic (exact) mass is 169 g/mol. The minimum Gasteiger partial charge on any atom is -0.405 e. The average molecular weight is 169 g/mol. The van der Waals surface area contributed by atoms with Crippen molar-refractivity contribution in [3.63, 3.8) is 0 Å². The Labute approximate surface area is 69.9 Å². The van der Waals surface area contributed by atoms with Gasteiger partial charge in [-0.15, -0.1) is 5.10 Å². The maximum atomic E-state index is 5.49. The Kier molecular flexibility index (Phi) is 1.54. The second-order valence-electron chi connectivity index (χ2n) is 3.13. The molecule has 1 aromatic heterocycles. The maximum absolute atomic E-state index is 5.49. The molecule has 0 saturated carbocycles. The van der Waals surface area contributed by atoms with Crippen LogP contribution in [0.1, 0.15) is 25.7 Å². The average Bonchev–Trinajstić information content (AvgIpc) is 2.59. The molecule has 1 aliphatic rings. The van der Waals surface area contributed by atoms with Gasteiger partial charge < -0.3 is 14.9 Å². The second-order valence-corrected chi connectivity index (χ2v) is 3.13. The van der Waals surface area contributed by atoms with Crippen LogP contribution in [0.2, 0.25) is 0 Å². The Hall–Kier alpha value is -1.10. The van der Waals surface area contributed by atoms with Crippen molar-refractivity contribution >= 4 is 6.01 Å². The minimum absolute atomic E-state index is 0.0988. The van der Waals surface area contributed by atoms with Gasteiger partial charge in [-0.2, -0.15) is 0 Å². The molecule has 1 aliphatic heterocycles. The Balaban J connectivity index is 2.28. The first kappa shape index (κ1) is 7.54. The number of hydrogen-bond acceptors (Lipinski definition) is 5. The zero-order valence-electron chi connectivity index (χ0n) is 6.91. The van der Waals surface area contributed by atoms with Gasteiger partial charge in [-0.3, -0.25) is 0 Å². The number of nitrogen functional groups attached to an aromatic ring is 1. The van der Waals surface area contributed by atoms with Crippen molar-refractivity contribution < 1.29 is 9.15 Å². The van der Waals surface area contributed by atoms with E-state index in [4.69, 9.17) is 14.9 Å².